The Bertz CT molecular complexity index is 482. The predicted molar refractivity (Wildman–Crippen MR) is 65.0 cm³/mol. The first-order valence-electron chi connectivity index (χ1n) is 5.03. The minimum absolute atomic E-state index is 0.150. The fraction of sp³-hybridized carbons (Fsp3) is 0.300. The van der Waals surface area contributed by atoms with Crippen molar-refractivity contribution in [1.29, 1.82) is 0 Å². The Hall–Kier alpha value is -1.44. The molecule has 0 fully saturated rings. The molecule has 0 heterocycles. The zero-order chi connectivity index (χ0) is 12.9. The summed E-state index contributed by atoms with van der Waals surface area (Å²) in [7, 11) is -2.10. The Kier molecular flexibility index (Phi) is 4.62. The van der Waals surface area contributed by atoms with Crippen molar-refractivity contribution < 1.29 is 13.2 Å². The van der Waals surface area contributed by atoms with Crippen LogP contribution in [0.5, 0.6) is 0 Å². The van der Waals surface area contributed by atoms with E-state index >= 15 is 0 Å². The van der Waals surface area contributed by atoms with Gasteiger partial charge in [0.15, 0.2) is 0 Å². The van der Waals surface area contributed by atoms with Crippen LogP contribution in [0, 0.1) is 0 Å². The number of sulfonamides is 1. The third kappa shape index (κ3) is 3.81. The molecule has 94 valence electrons. The van der Waals surface area contributed by atoms with Crippen LogP contribution in [0.4, 0.5) is 5.69 Å². The third-order valence-electron chi connectivity index (χ3n) is 2.09. The van der Waals surface area contributed by atoms with Crippen molar-refractivity contribution in [2.24, 2.45) is 5.73 Å². The summed E-state index contributed by atoms with van der Waals surface area (Å²) in [5.41, 5.74) is 5.77. The normalized spacial score (nSPS) is 11.2. The van der Waals surface area contributed by atoms with Crippen LogP contribution in [0.3, 0.4) is 0 Å². The lowest BCUT2D eigenvalue weighted by Gasteiger charge is -2.06. The number of hydrogen-bond acceptors (Lipinski definition) is 4. The van der Waals surface area contributed by atoms with Gasteiger partial charge in [-0.2, -0.15) is 0 Å². The van der Waals surface area contributed by atoms with Crippen LogP contribution in [-0.4, -0.2) is 27.9 Å². The maximum absolute atomic E-state index is 11.4. The van der Waals surface area contributed by atoms with Crippen molar-refractivity contribution in [3.63, 3.8) is 0 Å². The SMILES string of the molecule is CNS(=O)(=O)c1ccc(NC(=O)CCN)cc1. The van der Waals surface area contributed by atoms with E-state index in [4.69, 9.17) is 5.73 Å². The first-order valence-corrected chi connectivity index (χ1v) is 6.51. The zero-order valence-corrected chi connectivity index (χ0v) is 10.3. The highest BCUT2D eigenvalue weighted by Gasteiger charge is 2.10. The fourth-order valence-corrected chi connectivity index (χ4v) is 1.92. The lowest BCUT2D eigenvalue weighted by atomic mass is 10.3. The van der Waals surface area contributed by atoms with Gasteiger partial charge in [-0.1, -0.05) is 0 Å². The average Bonchev–Trinajstić information content (AvgIpc) is 2.30. The van der Waals surface area contributed by atoms with E-state index in [2.05, 4.69) is 10.0 Å². The number of nitrogens with two attached hydrogens (primary N) is 1. The molecule has 0 spiro atoms. The second-order valence-electron chi connectivity index (χ2n) is 3.32. The predicted octanol–water partition coefficient (Wildman–Crippen LogP) is -0.118. The number of rotatable bonds is 5. The third-order valence-corrected chi connectivity index (χ3v) is 3.52. The van der Waals surface area contributed by atoms with Gasteiger partial charge in [-0.25, -0.2) is 13.1 Å². The van der Waals surface area contributed by atoms with Crippen LogP contribution in [-0.2, 0) is 14.8 Å². The second kappa shape index (κ2) is 5.76. The van der Waals surface area contributed by atoms with E-state index in [0.29, 0.717) is 5.69 Å². The van der Waals surface area contributed by atoms with Crippen LogP contribution in [0.25, 0.3) is 0 Å². The van der Waals surface area contributed by atoms with Gasteiger partial charge < -0.3 is 11.1 Å². The van der Waals surface area contributed by atoms with E-state index in [1.54, 1.807) is 0 Å². The summed E-state index contributed by atoms with van der Waals surface area (Å²) in [5, 5.41) is 2.61. The van der Waals surface area contributed by atoms with Crippen molar-refractivity contribution >= 4 is 21.6 Å². The summed E-state index contributed by atoms with van der Waals surface area (Å²) in [5.74, 6) is -0.197. The molecule has 0 aromatic heterocycles. The van der Waals surface area contributed by atoms with Gasteiger partial charge in [-0.15, -0.1) is 0 Å². The Morgan fingerprint density at radius 3 is 2.35 bits per heavy atom. The minimum Gasteiger partial charge on any atom is -0.330 e. The molecular weight excluding hydrogens is 242 g/mol. The molecule has 17 heavy (non-hydrogen) atoms. The fourth-order valence-electron chi connectivity index (χ4n) is 1.19. The molecule has 7 heteroatoms. The highest BCUT2D eigenvalue weighted by Crippen LogP contribution is 2.13. The minimum atomic E-state index is -3.44. The van der Waals surface area contributed by atoms with Gasteiger partial charge in [-0.05, 0) is 31.3 Å². The Morgan fingerprint density at radius 1 is 1.29 bits per heavy atom. The van der Waals surface area contributed by atoms with Gasteiger partial charge in [0.1, 0.15) is 0 Å². The van der Waals surface area contributed by atoms with Gasteiger partial charge in [0.25, 0.3) is 0 Å². The molecule has 0 radical (unpaired) electrons. The second-order valence-corrected chi connectivity index (χ2v) is 5.21. The van der Waals surface area contributed by atoms with E-state index in [1.807, 2.05) is 0 Å². The van der Waals surface area contributed by atoms with Gasteiger partial charge in [-0.3, -0.25) is 4.79 Å². The molecule has 0 unspecified atom stereocenters. The number of benzene rings is 1. The van der Waals surface area contributed by atoms with E-state index < -0.39 is 10.0 Å². The van der Waals surface area contributed by atoms with Crippen LogP contribution in [0.2, 0.25) is 0 Å². The van der Waals surface area contributed by atoms with Crippen LogP contribution < -0.4 is 15.8 Å². The maximum atomic E-state index is 11.4. The molecule has 0 atom stereocenters. The molecule has 0 bridgehead atoms. The quantitative estimate of drug-likeness (QED) is 0.684. The van der Waals surface area contributed by atoms with Crippen LogP contribution >= 0.6 is 0 Å². The lowest BCUT2D eigenvalue weighted by molar-refractivity contribution is -0.116. The molecule has 1 aromatic rings. The van der Waals surface area contributed by atoms with Crippen molar-refractivity contribution in [3.8, 4) is 0 Å². The standard InChI is InChI=1S/C10H15N3O3S/c1-12-17(15,16)9-4-2-8(3-5-9)13-10(14)6-7-11/h2-5,12H,6-7,11H2,1H3,(H,13,14). The monoisotopic (exact) mass is 257 g/mol. The number of hydrogen-bond donors (Lipinski definition) is 3. The van der Waals surface area contributed by atoms with Gasteiger partial charge >= 0.3 is 0 Å². The highest BCUT2D eigenvalue weighted by molar-refractivity contribution is 7.89. The number of nitrogens with one attached hydrogen (secondary N) is 2. The zero-order valence-electron chi connectivity index (χ0n) is 9.43. The Morgan fingerprint density at radius 2 is 1.88 bits per heavy atom. The Labute approximate surface area is 100 Å². The van der Waals surface area contributed by atoms with E-state index in [1.165, 1.54) is 31.3 Å². The van der Waals surface area contributed by atoms with Crippen molar-refractivity contribution in [3.05, 3.63) is 24.3 Å². The Balaban J connectivity index is 2.79. The average molecular weight is 257 g/mol. The first-order chi connectivity index (χ1) is 7.99. The van der Waals surface area contributed by atoms with Crippen LogP contribution in [0.15, 0.2) is 29.2 Å². The molecule has 0 aliphatic carbocycles. The molecule has 1 rings (SSSR count). The van der Waals surface area contributed by atoms with E-state index in [9.17, 15) is 13.2 Å². The summed E-state index contributed by atoms with van der Waals surface area (Å²) < 4.78 is 25.1. The largest absolute Gasteiger partial charge is 0.330 e. The number of carbonyl (C=O) groups excluding carboxylic acids is 1. The summed E-state index contributed by atoms with van der Waals surface area (Å²) in [6.45, 7) is 0.276. The molecule has 1 amide bonds. The molecule has 0 saturated heterocycles. The summed E-state index contributed by atoms with van der Waals surface area (Å²) in [4.78, 5) is 11.4. The first kappa shape index (κ1) is 13.6. The number of anilines is 1. The molecule has 1 aromatic carbocycles. The summed E-state index contributed by atoms with van der Waals surface area (Å²) >= 11 is 0. The van der Waals surface area contributed by atoms with E-state index in [-0.39, 0.29) is 23.8 Å². The molecule has 0 aliphatic heterocycles. The summed E-state index contributed by atoms with van der Waals surface area (Å²) in [6, 6.07) is 5.89. The lowest BCUT2D eigenvalue weighted by Crippen LogP contribution is -2.19. The maximum Gasteiger partial charge on any atom is 0.240 e. The molecule has 4 N–H and O–H groups in total. The summed E-state index contributed by atoms with van der Waals surface area (Å²) in [6.07, 6.45) is 0.233. The highest BCUT2D eigenvalue weighted by atomic mass is 32.2. The molecular formula is C10H15N3O3S. The topological polar surface area (TPSA) is 101 Å². The van der Waals surface area contributed by atoms with Crippen molar-refractivity contribution in [1.82, 2.24) is 4.72 Å². The van der Waals surface area contributed by atoms with Gasteiger partial charge in [0, 0.05) is 18.7 Å². The molecule has 0 saturated carbocycles. The van der Waals surface area contributed by atoms with Crippen LogP contribution in [0.1, 0.15) is 6.42 Å². The van der Waals surface area contributed by atoms with Crippen molar-refractivity contribution in [2.45, 2.75) is 11.3 Å². The smallest absolute Gasteiger partial charge is 0.240 e. The molecule has 0 aliphatic rings. The van der Waals surface area contributed by atoms with Gasteiger partial charge in [0.2, 0.25) is 15.9 Å². The number of carbonyl (C=O) groups is 1. The van der Waals surface area contributed by atoms with Crippen molar-refractivity contribution in [2.75, 3.05) is 18.9 Å². The molecule has 6 nitrogen and oxygen atoms in total. The number of amides is 1. The van der Waals surface area contributed by atoms with Gasteiger partial charge in [0.05, 0.1) is 4.90 Å². The van der Waals surface area contributed by atoms with E-state index in [0.717, 1.165) is 0 Å².